The molecule has 1 atom stereocenters. The van der Waals surface area contributed by atoms with E-state index in [0.717, 1.165) is 37.5 Å². The highest BCUT2D eigenvalue weighted by molar-refractivity contribution is 5.98. The molecule has 3 aliphatic rings. The maximum Gasteiger partial charge on any atom is 0.257 e. The lowest BCUT2D eigenvalue weighted by Gasteiger charge is -2.42. The molecule has 2 heterocycles. The van der Waals surface area contributed by atoms with Crippen LogP contribution < -0.4 is 0 Å². The van der Waals surface area contributed by atoms with E-state index in [1.165, 1.54) is 4.90 Å². The molecular weight excluding hydrogens is 370 g/mol. The maximum atomic E-state index is 13.7. The van der Waals surface area contributed by atoms with Gasteiger partial charge >= 0.3 is 0 Å². The fourth-order valence-corrected chi connectivity index (χ4v) is 4.47. The van der Waals surface area contributed by atoms with Gasteiger partial charge in [-0.1, -0.05) is 6.42 Å². The third-order valence-corrected chi connectivity index (χ3v) is 5.83. The first-order valence-electron chi connectivity index (χ1n) is 9.80. The summed E-state index contributed by atoms with van der Waals surface area (Å²) in [6, 6.07) is 1.95. The summed E-state index contributed by atoms with van der Waals surface area (Å²) < 4.78 is 38.8. The molecule has 0 aromatic heterocycles. The highest BCUT2D eigenvalue weighted by atomic mass is 19.1. The minimum absolute atomic E-state index is 0.0970. The van der Waals surface area contributed by atoms with Crippen molar-refractivity contribution in [2.45, 2.75) is 43.9 Å². The number of morpholine rings is 1. The van der Waals surface area contributed by atoms with Crippen LogP contribution in [0, 0.1) is 11.6 Å². The Kier molecular flexibility index (Phi) is 5.33. The zero-order valence-electron chi connectivity index (χ0n) is 15.7. The molecule has 0 radical (unpaired) electrons. The van der Waals surface area contributed by atoms with Crippen LogP contribution in [-0.2, 0) is 14.3 Å². The van der Waals surface area contributed by atoms with Crippen molar-refractivity contribution in [2.24, 2.45) is 0 Å². The van der Waals surface area contributed by atoms with Crippen LogP contribution in [0.4, 0.5) is 8.78 Å². The van der Waals surface area contributed by atoms with Gasteiger partial charge in [-0.2, -0.15) is 0 Å². The molecule has 152 valence electrons. The zero-order chi connectivity index (χ0) is 19.7. The van der Waals surface area contributed by atoms with Crippen LogP contribution in [0.5, 0.6) is 0 Å². The van der Waals surface area contributed by atoms with Crippen LogP contribution in [0.2, 0.25) is 0 Å². The summed E-state index contributed by atoms with van der Waals surface area (Å²) in [5.41, 5.74) is -0.988. The standard InChI is InChI=1S/C20H24F2N2O4/c21-15-10-14(11-16(22)12-15)18(25)24-17(19(26)23-6-8-27-9-7-23)13-28-20(24)4-2-1-3-5-20/h10-12,17H,1-9,13H2/t17-/m0/s1. The Hall–Kier alpha value is -2.06. The molecular formula is C20H24F2N2O4. The van der Waals surface area contributed by atoms with E-state index < -0.39 is 29.3 Å². The third kappa shape index (κ3) is 3.51. The highest BCUT2D eigenvalue weighted by Crippen LogP contribution is 2.41. The third-order valence-electron chi connectivity index (χ3n) is 5.83. The Labute approximate surface area is 162 Å². The van der Waals surface area contributed by atoms with Crippen LogP contribution in [-0.4, -0.2) is 66.3 Å². The molecule has 2 saturated heterocycles. The van der Waals surface area contributed by atoms with Crippen LogP contribution in [0.25, 0.3) is 0 Å². The normalized spacial score (nSPS) is 24.6. The van der Waals surface area contributed by atoms with Crippen molar-refractivity contribution in [3.05, 3.63) is 35.4 Å². The summed E-state index contributed by atoms with van der Waals surface area (Å²) in [6.45, 7) is 1.92. The average molecular weight is 394 g/mol. The summed E-state index contributed by atoms with van der Waals surface area (Å²) in [6.07, 6.45) is 4.01. The van der Waals surface area contributed by atoms with Gasteiger partial charge in [0.05, 0.1) is 19.8 Å². The smallest absolute Gasteiger partial charge is 0.257 e. The van der Waals surface area contributed by atoms with E-state index in [-0.39, 0.29) is 18.1 Å². The molecule has 0 N–H and O–H groups in total. The molecule has 1 saturated carbocycles. The number of rotatable bonds is 2. The number of hydrogen-bond acceptors (Lipinski definition) is 4. The molecule has 8 heteroatoms. The summed E-state index contributed by atoms with van der Waals surface area (Å²) >= 11 is 0. The van der Waals surface area contributed by atoms with Gasteiger partial charge in [0.1, 0.15) is 23.4 Å². The Balaban J connectivity index is 1.67. The molecule has 6 nitrogen and oxygen atoms in total. The van der Waals surface area contributed by atoms with Gasteiger partial charge in [0.25, 0.3) is 5.91 Å². The van der Waals surface area contributed by atoms with E-state index in [4.69, 9.17) is 9.47 Å². The van der Waals surface area contributed by atoms with E-state index in [2.05, 4.69) is 0 Å². The van der Waals surface area contributed by atoms with Crippen molar-refractivity contribution in [1.82, 2.24) is 9.80 Å². The Morgan fingerprint density at radius 1 is 1.00 bits per heavy atom. The van der Waals surface area contributed by atoms with Crippen molar-refractivity contribution < 1.29 is 27.8 Å². The number of ether oxygens (including phenoxy) is 2. The number of benzene rings is 1. The minimum atomic E-state index is -0.884. The molecule has 0 bridgehead atoms. The van der Waals surface area contributed by atoms with Crippen molar-refractivity contribution in [2.75, 3.05) is 32.9 Å². The SMILES string of the molecule is O=C([C@@H]1COC2(CCCCC2)N1C(=O)c1cc(F)cc(F)c1)N1CCOCC1. The Morgan fingerprint density at radius 2 is 1.64 bits per heavy atom. The molecule has 2 amide bonds. The molecule has 1 aliphatic carbocycles. The number of amides is 2. The Bertz CT molecular complexity index is 740. The van der Waals surface area contributed by atoms with Gasteiger partial charge in [-0.25, -0.2) is 8.78 Å². The molecule has 0 unspecified atom stereocenters. The fourth-order valence-electron chi connectivity index (χ4n) is 4.47. The van der Waals surface area contributed by atoms with Gasteiger partial charge in [-0.05, 0) is 37.8 Å². The van der Waals surface area contributed by atoms with E-state index in [0.29, 0.717) is 39.1 Å². The van der Waals surface area contributed by atoms with Gasteiger partial charge in [-0.15, -0.1) is 0 Å². The number of carbonyl (C=O) groups excluding carboxylic acids is 2. The van der Waals surface area contributed by atoms with Crippen LogP contribution in [0.15, 0.2) is 18.2 Å². The van der Waals surface area contributed by atoms with Crippen LogP contribution in [0.3, 0.4) is 0 Å². The number of nitrogens with zero attached hydrogens (tertiary/aromatic N) is 2. The monoisotopic (exact) mass is 394 g/mol. The van der Waals surface area contributed by atoms with Gasteiger partial charge in [-0.3, -0.25) is 14.5 Å². The van der Waals surface area contributed by atoms with Gasteiger partial charge in [0.2, 0.25) is 5.91 Å². The van der Waals surface area contributed by atoms with Crippen molar-refractivity contribution >= 4 is 11.8 Å². The fraction of sp³-hybridized carbons (Fsp3) is 0.600. The van der Waals surface area contributed by atoms with Gasteiger partial charge in [0.15, 0.2) is 0 Å². The first-order valence-corrected chi connectivity index (χ1v) is 9.80. The second kappa shape index (κ2) is 7.75. The number of hydrogen-bond donors (Lipinski definition) is 0. The second-order valence-corrected chi connectivity index (χ2v) is 7.60. The summed E-state index contributed by atoms with van der Waals surface area (Å²) in [5.74, 6) is -2.41. The predicted molar refractivity (Wildman–Crippen MR) is 95.5 cm³/mol. The largest absolute Gasteiger partial charge is 0.378 e. The van der Waals surface area contributed by atoms with E-state index in [1.807, 2.05) is 0 Å². The lowest BCUT2D eigenvalue weighted by atomic mass is 9.89. The highest BCUT2D eigenvalue weighted by Gasteiger charge is 2.53. The quantitative estimate of drug-likeness (QED) is 0.773. The number of carbonyl (C=O) groups is 2. The first kappa shape index (κ1) is 19.3. The summed E-state index contributed by atoms with van der Waals surface area (Å²) in [4.78, 5) is 29.6. The van der Waals surface area contributed by atoms with Crippen LogP contribution >= 0.6 is 0 Å². The summed E-state index contributed by atoms with van der Waals surface area (Å²) in [5, 5.41) is 0. The molecule has 28 heavy (non-hydrogen) atoms. The van der Waals surface area contributed by atoms with Crippen molar-refractivity contribution in [3.8, 4) is 0 Å². The topological polar surface area (TPSA) is 59.1 Å². The molecule has 3 fully saturated rings. The van der Waals surface area contributed by atoms with Crippen LogP contribution in [0.1, 0.15) is 42.5 Å². The van der Waals surface area contributed by atoms with Gasteiger partial charge in [0, 0.05) is 24.7 Å². The van der Waals surface area contributed by atoms with E-state index in [1.54, 1.807) is 4.90 Å². The maximum absolute atomic E-state index is 13.7. The van der Waals surface area contributed by atoms with E-state index >= 15 is 0 Å². The summed E-state index contributed by atoms with van der Waals surface area (Å²) in [7, 11) is 0. The number of halogens is 2. The second-order valence-electron chi connectivity index (χ2n) is 7.60. The Morgan fingerprint density at radius 3 is 2.29 bits per heavy atom. The van der Waals surface area contributed by atoms with Crippen molar-refractivity contribution in [1.29, 1.82) is 0 Å². The zero-order valence-corrected chi connectivity index (χ0v) is 15.7. The molecule has 1 aromatic rings. The lowest BCUT2D eigenvalue weighted by molar-refractivity contribution is -0.141. The molecule has 1 aromatic carbocycles. The molecule has 4 rings (SSSR count). The molecule has 1 spiro atoms. The van der Waals surface area contributed by atoms with E-state index in [9.17, 15) is 18.4 Å². The first-order chi connectivity index (χ1) is 13.5. The van der Waals surface area contributed by atoms with Crippen molar-refractivity contribution in [3.63, 3.8) is 0 Å². The van der Waals surface area contributed by atoms with Gasteiger partial charge < -0.3 is 14.4 Å². The molecule has 2 aliphatic heterocycles. The predicted octanol–water partition coefficient (Wildman–Crippen LogP) is 2.33. The lowest BCUT2D eigenvalue weighted by Crippen LogP contribution is -2.58. The average Bonchev–Trinajstić information content (AvgIpc) is 3.05. The minimum Gasteiger partial charge on any atom is -0.378 e.